The van der Waals surface area contributed by atoms with Crippen LogP contribution in [0.4, 0.5) is 6.01 Å². The second kappa shape index (κ2) is 5.26. The zero-order chi connectivity index (χ0) is 14.1. The minimum Gasteiger partial charge on any atom is -0.406 e. The van der Waals surface area contributed by atoms with Gasteiger partial charge in [0.05, 0.1) is 11.1 Å². The van der Waals surface area contributed by atoms with Gasteiger partial charge >= 0.3 is 6.01 Å². The van der Waals surface area contributed by atoms with Crippen LogP contribution in [0.2, 0.25) is 5.02 Å². The monoisotopic (exact) mass is 295 g/mol. The quantitative estimate of drug-likeness (QED) is 0.901. The van der Waals surface area contributed by atoms with Crippen molar-refractivity contribution >= 4 is 23.5 Å². The Morgan fingerprint density at radius 2 is 2.45 bits per heavy atom. The number of halogens is 1. The van der Waals surface area contributed by atoms with Crippen LogP contribution < -0.4 is 10.6 Å². The van der Waals surface area contributed by atoms with Crippen molar-refractivity contribution in [1.82, 2.24) is 20.1 Å². The van der Waals surface area contributed by atoms with Gasteiger partial charge in [0, 0.05) is 13.2 Å². The fourth-order valence-corrected chi connectivity index (χ4v) is 2.48. The minimum atomic E-state index is -0.339. The molecule has 8 heteroatoms. The number of nitrogens with zero attached hydrogens (tertiary/aromatic N) is 3. The molecular weight excluding hydrogens is 282 g/mol. The van der Waals surface area contributed by atoms with Gasteiger partial charge in [0.15, 0.2) is 0 Å². The zero-order valence-electron chi connectivity index (χ0n) is 10.9. The third-order valence-electron chi connectivity index (χ3n) is 3.22. The Bertz CT molecular complexity index is 630. The molecule has 7 nitrogen and oxygen atoms in total. The van der Waals surface area contributed by atoms with Gasteiger partial charge in [0.25, 0.3) is 5.91 Å². The summed E-state index contributed by atoms with van der Waals surface area (Å²) in [6.07, 6.45) is 3.69. The van der Waals surface area contributed by atoms with Crippen LogP contribution >= 0.6 is 11.6 Å². The Balaban J connectivity index is 1.71. The van der Waals surface area contributed by atoms with E-state index in [4.69, 9.17) is 16.0 Å². The summed E-state index contributed by atoms with van der Waals surface area (Å²) < 4.78 is 7.08. The molecule has 1 amide bonds. The van der Waals surface area contributed by atoms with Crippen LogP contribution in [0.15, 0.2) is 16.7 Å². The maximum atomic E-state index is 12.0. The summed E-state index contributed by atoms with van der Waals surface area (Å²) in [4.78, 5) is 12.0. The topological polar surface area (TPSA) is 85.0 Å². The molecular formula is C12H14ClN5O2. The standard InChI is InChI=1S/C12H14ClN5O2/c1-18-6-7(13)5-9(18)10(19)15-12-17-16-11(20-12)8-3-2-4-14-8/h5-6,8,14H,2-4H2,1H3,(H,15,17,19). The summed E-state index contributed by atoms with van der Waals surface area (Å²) >= 11 is 5.84. The van der Waals surface area contributed by atoms with Crippen molar-refractivity contribution in [3.63, 3.8) is 0 Å². The summed E-state index contributed by atoms with van der Waals surface area (Å²) in [5, 5.41) is 14.1. The van der Waals surface area contributed by atoms with Crippen LogP contribution in [0.3, 0.4) is 0 Å². The maximum Gasteiger partial charge on any atom is 0.322 e. The van der Waals surface area contributed by atoms with Crippen molar-refractivity contribution in [3.8, 4) is 0 Å². The van der Waals surface area contributed by atoms with Crippen LogP contribution in [0.25, 0.3) is 0 Å². The van der Waals surface area contributed by atoms with E-state index in [0.717, 1.165) is 19.4 Å². The van der Waals surface area contributed by atoms with E-state index in [0.29, 0.717) is 16.6 Å². The molecule has 0 spiro atoms. The third-order valence-corrected chi connectivity index (χ3v) is 3.43. The van der Waals surface area contributed by atoms with Gasteiger partial charge < -0.3 is 14.3 Å². The molecule has 0 saturated carbocycles. The van der Waals surface area contributed by atoms with E-state index in [-0.39, 0.29) is 18.0 Å². The maximum absolute atomic E-state index is 12.0. The number of nitrogens with one attached hydrogen (secondary N) is 2. The highest BCUT2D eigenvalue weighted by atomic mass is 35.5. The van der Waals surface area contributed by atoms with E-state index in [1.807, 2.05) is 0 Å². The van der Waals surface area contributed by atoms with Crippen molar-refractivity contribution in [2.75, 3.05) is 11.9 Å². The number of aromatic nitrogens is 3. The lowest BCUT2D eigenvalue weighted by Crippen LogP contribution is -2.15. The van der Waals surface area contributed by atoms with Crippen LogP contribution in [-0.2, 0) is 7.05 Å². The summed E-state index contributed by atoms with van der Waals surface area (Å²) in [7, 11) is 1.74. The van der Waals surface area contributed by atoms with Crippen molar-refractivity contribution in [1.29, 1.82) is 0 Å². The predicted molar refractivity (Wildman–Crippen MR) is 72.7 cm³/mol. The number of carbonyl (C=O) groups excluding carboxylic acids is 1. The lowest BCUT2D eigenvalue weighted by Gasteiger charge is -2.03. The molecule has 1 saturated heterocycles. The molecule has 1 unspecified atom stereocenters. The molecule has 1 atom stereocenters. The van der Waals surface area contributed by atoms with Crippen molar-refractivity contribution in [3.05, 3.63) is 28.9 Å². The molecule has 2 aromatic heterocycles. The molecule has 3 heterocycles. The highest BCUT2D eigenvalue weighted by molar-refractivity contribution is 6.31. The van der Waals surface area contributed by atoms with Crippen LogP contribution in [0.1, 0.15) is 35.3 Å². The van der Waals surface area contributed by atoms with Crippen molar-refractivity contribution < 1.29 is 9.21 Å². The third kappa shape index (κ3) is 2.54. The van der Waals surface area contributed by atoms with Gasteiger partial charge in [-0.15, -0.1) is 5.10 Å². The molecule has 1 aliphatic rings. The van der Waals surface area contributed by atoms with Crippen molar-refractivity contribution in [2.24, 2.45) is 7.05 Å². The normalized spacial score (nSPS) is 18.4. The van der Waals surface area contributed by atoms with E-state index in [1.54, 1.807) is 23.9 Å². The highest BCUT2D eigenvalue weighted by Gasteiger charge is 2.23. The number of rotatable bonds is 3. The van der Waals surface area contributed by atoms with Gasteiger partial charge in [0.1, 0.15) is 5.69 Å². The first-order chi connectivity index (χ1) is 9.63. The number of hydrogen-bond acceptors (Lipinski definition) is 5. The van der Waals surface area contributed by atoms with Gasteiger partial charge in [-0.05, 0) is 25.5 Å². The number of carbonyl (C=O) groups is 1. The summed E-state index contributed by atoms with van der Waals surface area (Å²) in [6, 6.07) is 1.75. The lowest BCUT2D eigenvalue weighted by molar-refractivity contribution is 0.101. The average Bonchev–Trinajstić information content (AvgIpc) is 3.09. The molecule has 1 fully saturated rings. The Morgan fingerprint density at radius 3 is 3.10 bits per heavy atom. The smallest absolute Gasteiger partial charge is 0.322 e. The van der Waals surface area contributed by atoms with Gasteiger partial charge in [-0.25, -0.2) is 0 Å². The van der Waals surface area contributed by atoms with E-state index < -0.39 is 0 Å². The molecule has 0 radical (unpaired) electrons. The van der Waals surface area contributed by atoms with Crippen LogP contribution in [0, 0.1) is 0 Å². The Kier molecular flexibility index (Phi) is 3.45. The second-order valence-corrected chi connectivity index (χ2v) is 5.14. The Labute approximate surface area is 120 Å². The Morgan fingerprint density at radius 1 is 1.60 bits per heavy atom. The molecule has 0 aromatic carbocycles. The van der Waals surface area contributed by atoms with E-state index >= 15 is 0 Å². The van der Waals surface area contributed by atoms with E-state index in [1.165, 1.54) is 0 Å². The molecule has 0 bridgehead atoms. The molecule has 0 aliphatic carbocycles. The average molecular weight is 296 g/mol. The van der Waals surface area contributed by atoms with Crippen LogP contribution in [-0.4, -0.2) is 27.2 Å². The summed E-state index contributed by atoms with van der Waals surface area (Å²) in [6.45, 7) is 0.941. The number of hydrogen-bond donors (Lipinski definition) is 2. The number of anilines is 1. The first kappa shape index (κ1) is 13.1. The summed E-state index contributed by atoms with van der Waals surface area (Å²) in [5.41, 5.74) is 0.425. The van der Waals surface area contributed by atoms with Gasteiger partial charge in [-0.2, -0.15) is 0 Å². The highest BCUT2D eigenvalue weighted by Crippen LogP contribution is 2.23. The van der Waals surface area contributed by atoms with Gasteiger partial charge in [-0.1, -0.05) is 16.7 Å². The van der Waals surface area contributed by atoms with E-state index in [2.05, 4.69) is 20.8 Å². The molecule has 3 rings (SSSR count). The first-order valence-corrected chi connectivity index (χ1v) is 6.71. The van der Waals surface area contributed by atoms with Gasteiger partial charge in [0.2, 0.25) is 5.89 Å². The molecule has 106 valence electrons. The molecule has 2 aromatic rings. The minimum absolute atomic E-state index is 0.0811. The van der Waals surface area contributed by atoms with Crippen molar-refractivity contribution in [2.45, 2.75) is 18.9 Å². The van der Waals surface area contributed by atoms with Crippen LogP contribution in [0.5, 0.6) is 0 Å². The second-order valence-electron chi connectivity index (χ2n) is 4.70. The van der Waals surface area contributed by atoms with Gasteiger partial charge in [-0.3, -0.25) is 10.1 Å². The Hall–Kier alpha value is -1.86. The molecule has 1 aliphatic heterocycles. The SMILES string of the molecule is Cn1cc(Cl)cc1C(=O)Nc1nnc(C2CCCN2)o1. The lowest BCUT2D eigenvalue weighted by atomic mass is 10.2. The fraction of sp³-hybridized carbons (Fsp3) is 0.417. The fourth-order valence-electron chi connectivity index (χ4n) is 2.23. The number of amides is 1. The summed E-state index contributed by atoms with van der Waals surface area (Å²) in [5.74, 6) is 0.164. The number of aryl methyl sites for hydroxylation is 1. The largest absolute Gasteiger partial charge is 0.406 e. The van der Waals surface area contributed by atoms with E-state index in [9.17, 15) is 4.79 Å². The first-order valence-electron chi connectivity index (χ1n) is 6.33. The molecule has 20 heavy (non-hydrogen) atoms. The predicted octanol–water partition coefficient (Wildman–Crippen LogP) is 1.74. The molecule has 2 N–H and O–H groups in total. The zero-order valence-corrected chi connectivity index (χ0v) is 11.6.